The first-order valence-corrected chi connectivity index (χ1v) is 32.1. The topological polar surface area (TPSA) is 45.5 Å². The zero-order valence-electron chi connectivity index (χ0n) is 51.0. The van der Waals surface area contributed by atoms with E-state index < -0.39 is 0 Å². The molecule has 0 radical (unpaired) electrons. The molecule has 0 N–H and O–H groups in total. The number of hydrogen-bond donors (Lipinski definition) is 0. The first kappa shape index (κ1) is 53.2. The highest BCUT2D eigenvalue weighted by molar-refractivity contribution is 6.14. The van der Waals surface area contributed by atoms with Crippen molar-refractivity contribution in [3.05, 3.63) is 340 Å². The molecule has 6 nitrogen and oxygen atoms in total. The van der Waals surface area contributed by atoms with E-state index in [4.69, 9.17) is 9.97 Å². The Hall–Kier alpha value is -12.6. The molecule has 6 heteroatoms. The van der Waals surface area contributed by atoms with Crippen LogP contribution in [0.5, 0.6) is 0 Å². The van der Waals surface area contributed by atoms with Crippen molar-refractivity contribution in [3.63, 3.8) is 0 Å². The predicted octanol–water partition coefficient (Wildman–Crippen LogP) is 22.9. The zero-order chi connectivity index (χ0) is 61.8. The number of hydrogen-bond acceptors (Lipinski definition) is 2. The Bertz CT molecular complexity index is 6220. The number of benzene rings is 14. The van der Waals surface area contributed by atoms with Gasteiger partial charge in [-0.1, -0.05) is 243 Å². The van der Waals surface area contributed by atoms with Crippen molar-refractivity contribution in [2.45, 2.75) is 0 Å². The van der Waals surface area contributed by atoms with Gasteiger partial charge >= 0.3 is 0 Å². The quantitative estimate of drug-likeness (QED) is 0.137. The molecule has 438 valence electrons. The largest absolute Gasteiger partial charge is 0.309 e. The summed E-state index contributed by atoms with van der Waals surface area (Å²) in [6.07, 6.45) is 0. The third-order valence-corrected chi connectivity index (χ3v) is 19.2. The second-order valence-electron chi connectivity index (χ2n) is 24.5. The molecular weight excluding hydrogens is 1140 g/mol. The highest BCUT2D eigenvalue weighted by Gasteiger charge is 2.22. The Kier molecular flexibility index (Phi) is 12.2. The molecule has 0 fully saturated rings. The third kappa shape index (κ3) is 8.58. The van der Waals surface area contributed by atoms with Gasteiger partial charge in [-0.25, -0.2) is 9.97 Å². The van der Waals surface area contributed by atoms with Crippen LogP contribution in [0.15, 0.2) is 340 Å². The van der Waals surface area contributed by atoms with Gasteiger partial charge in [-0.05, 0) is 142 Å². The van der Waals surface area contributed by atoms with E-state index in [0.29, 0.717) is 5.95 Å². The van der Waals surface area contributed by atoms with Gasteiger partial charge < -0.3 is 13.7 Å². The van der Waals surface area contributed by atoms with E-state index in [1.54, 1.807) is 0 Å². The molecule has 0 spiro atoms. The van der Waals surface area contributed by atoms with Crippen LogP contribution in [0.25, 0.3) is 177 Å². The Morgan fingerprint density at radius 1 is 0.170 bits per heavy atom. The average Bonchev–Trinajstić information content (AvgIpc) is 1.59. The molecule has 0 aliphatic rings. The molecule has 0 unspecified atom stereocenters. The van der Waals surface area contributed by atoms with Crippen molar-refractivity contribution in [3.8, 4) is 90.0 Å². The van der Waals surface area contributed by atoms with Crippen LogP contribution in [0.4, 0.5) is 0 Å². The molecule has 19 rings (SSSR count). The minimum Gasteiger partial charge on any atom is -0.309 e. The SMILES string of the molecule is c1ccc(-c2ccccc2-c2cccc(-c3cc(-c4cccc(-n5c6ccccc6c6ccc(-c7ccc8c9ccccc9n(-c9ccccc9)c8c7)cc65)c4)nc(-n4c5ccccc5c5ccc(-c6ccc7c8ccccc8n(-c8ccccc8)c7c6)cc54)n3)c2)cc1. The smallest absolute Gasteiger partial charge is 0.235 e. The molecule has 0 aliphatic carbocycles. The fourth-order valence-electron chi connectivity index (χ4n) is 14.9. The lowest BCUT2D eigenvalue weighted by Crippen LogP contribution is -2.04. The standard InChI is InChI=1S/C88H56N6/c1-4-22-57(23-5-1)68-32-10-11-33-69(68)62-24-20-25-63(50-62)78-56-79(90-88(89-78)94-83-41-19-15-37-73(83)77-49-45-61(55-87(77)94)59-43-47-75-71-35-13-17-39-81(71)92(85(75)53-59)66-29-8-3-9-30-66)64-26-21-31-67(51-64)93-82-40-18-14-36-72(82)76-48-44-60(54-86(76)93)58-42-46-74-70-34-12-16-38-80(70)91(84(74)52-58)65-27-6-2-7-28-65/h1-56H. The van der Waals surface area contributed by atoms with Crippen molar-refractivity contribution in [1.29, 1.82) is 0 Å². The van der Waals surface area contributed by atoms with E-state index in [1.807, 2.05) is 0 Å². The number of fused-ring (bicyclic) bond motifs is 12. The average molecular weight is 1200 g/mol. The van der Waals surface area contributed by atoms with Gasteiger partial charge in [0.1, 0.15) is 0 Å². The monoisotopic (exact) mass is 1200 g/mol. The normalized spacial score (nSPS) is 11.8. The van der Waals surface area contributed by atoms with Crippen LogP contribution < -0.4 is 0 Å². The van der Waals surface area contributed by atoms with E-state index in [1.165, 1.54) is 60.0 Å². The molecule has 94 heavy (non-hydrogen) atoms. The summed E-state index contributed by atoms with van der Waals surface area (Å²) in [6.45, 7) is 0. The summed E-state index contributed by atoms with van der Waals surface area (Å²) < 4.78 is 9.50. The minimum atomic E-state index is 0.584. The van der Waals surface area contributed by atoms with Gasteiger partial charge in [0.2, 0.25) is 5.95 Å². The summed E-state index contributed by atoms with van der Waals surface area (Å²) in [6, 6.07) is 123. The van der Waals surface area contributed by atoms with Gasteiger partial charge in [0, 0.05) is 71.3 Å². The van der Waals surface area contributed by atoms with E-state index >= 15 is 0 Å². The highest BCUT2D eigenvalue weighted by Crippen LogP contribution is 2.43. The van der Waals surface area contributed by atoms with Gasteiger partial charge in [-0.3, -0.25) is 4.57 Å². The van der Waals surface area contributed by atoms with Crippen LogP contribution in [0, 0.1) is 0 Å². The summed E-state index contributed by atoms with van der Waals surface area (Å²) in [5, 5.41) is 9.55. The van der Waals surface area contributed by atoms with Crippen molar-refractivity contribution in [1.82, 2.24) is 28.2 Å². The molecule has 14 aromatic carbocycles. The lowest BCUT2D eigenvalue weighted by molar-refractivity contribution is 0.995. The van der Waals surface area contributed by atoms with Crippen molar-refractivity contribution >= 4 is 87.2 Å². The zero-order valence-corrected chi connectivity index (χ0v) is 51.0. The molecule has 0 bridgehead atoms. The van der Waals surface area contributed by atoms with E-state index in [9.17, 15) is 0 Å². The fourth-order valence-corrected chi connectivity index (χ4v) is 14.9. The van der Waals surface area contributed by atoms with Crippen LogP contribution in [-0.4, -0.2) is 28.2 Å². The molecule has 5 heterocycles. The Balaban J connectivity index is 0.797. The van der Waals surface area contributed by atoms with Crippen LogP contribution in [-0.2, 0) is 0 Å². The maximum atomic E-state index is 5.73. The number of nitrogens with zero attached hydrogens (tertiary/aromatic N) is 6. The van der Waals surface area contributed by atoms with Crippen molar-refractivity contribution in [2.24, 2.45) is 0 Å². The molecular formula is C88H56N6. The van der Waals surface area contributed by atoms with Gasteiger partial charge in [-0.2, -0.15) is 0 Å². The van der Waals surface area contributed by atoms with Crippen LogP contribution in [0.1, 0.15) is 0 Å². The molecule has 0 amide bonds. The summed E-state index contributed by atoms with van der Waals surface area (Å²) in [4.78, 5) is 11.4. The molecule has 5 aromatic heterocycles. The molecule has 0 atom stereocenters. The van der Waals surface area contributed by atoms with Gasteiger partial charge in [0.05, 0.1) is 55.5 Å². The van der Waals surface area contributed by atoms with Crippen molar-refractivity contribution in [2.75, 3.05) is 0 Å². The Labute approximate surface area is 542 Å². The Morgan fingerprint density at radius 3 is 0.936 bits per heavy atom. The van der Waals surface area contributed by atoms with Crippen LogP contribution in [0.3, 0.4) is 0 Å². The number of rotatable bonds is 10. The predicted molar refractivity (Wildman–Crippen MR) is 392 cm³/mol. The van der Waals surface area contributed by atoms with E-state index in [-0.39, 0.29) is 0 Å². The van der Waals surface area contributed by atoms with E-state index in [0.717, 1.165) is 111 Å². The van der Waals surface area contributed by atoms with Crippen molar-refractivity contribution < 1.29 is 0 Å². The van der Waals surface area contributed by atoms with Crippen LogP contribution >= 0.6 is 0 Å². The van der Waals surface area contributed by atoms with Gasteiger partial charge in [0.25, 0.3) is 0 Å². The molecule has 19 aromatic rings. The van der Waals surface area contributed by atoms with Gasteiger partial charge in [-0.15, -0.1) is 0 Å². The summed E-state index contributed by atoms with van der Waals surface area (Å²) in [7, 11) is 0. The molecule has 0 saturated carbocycles. The first-order chi connectivity index (χ1) is 46.6. The molecule has 0 saturated heterocycles. The maximum Gasteiger partial charge on any atom is 0.235 e. The Morgan fingerprint density at radius 2 is 0.479 bits per heavy atom. The third-order valence-electron chi connectivity index (χ3n) is 19.2. The van der Waals surface area contributed by atoms with Gasteiger partial charge in [0.15, 0.2) is 0 Å². The minimum absolute atomic E-state index is 0.584. The van der Waals surface area contributed by atoms with Crippen LogP contribution in [0.2, 0.25) is 0 Å². The molecule has 0 aliphatic heterocycles. The fraction of sp³-hybridized carbons (Fsp3) is 0. The maximum absolute atomic E-state index is 5.73. The second-order valence-corrected chi connectivity index (χ2v) is 24.5. The number of aromatic nitrogens is 6. The lowest BCUT2D eigenvalue weighted by atomic mass is 9.93. The number of para-hydroxylation sites is 6. The summed E-state index contributed by atoms with van der Waals surface area (Å²) >= 11 is 0. The lowest BCUT2D eigenvalue weighted by Gasteiger charge is -2.15. The summed E-state index contributed by atoms with van der Waals surface area (Å²) in [5.41, 5.74) is 25.0. The highest BCUT2D eigenvalue weighted by atomic mass is 15.2. The first-order valence-electron chi connectivity index (χ1n) is 32.1. The second kappa shape index (κ2) is 21.5. The summed E-state index contributed by atoms with van der Waals surface area (Å²) in [5.74, 6) is 0.584. The van der Waals surface area contributed by atoms with E-state index in [2.05, 4.69) is 358 Å².